The van der Waals surface area contributed by atoms with Gasteiger partial charge in [0.05, 0.1) is 0 Å². The van der Waals surface area contributed by atoms with E-state index in [-0.39, 0.29) is 24.0 Å². The topological polar surface area (TPSA) is 36.4 Å². The SMILES string of the molecule is CCCNC(=NCC(CC)CC)NCC.I. The Morgan fingerprint density at radius 2 is 1.69 bits per heavy atom. The van der Waals surface area contributed by atoms with Crippen molar-refractivity contribution in [3.63, 3.8) is 0 Å². The molecule has 0 heterocycles. The van der Waals surface area contributed by atoms with Gasteiger partial charge in [0.1, 0.15) is 0 Å². The molecule has 0 rings (SSSR count). The highest BCUT2D eigenvalue weighted by Gasteiger charge is 2.02. The van der Waals surface area contributed by atoms with Gasteiger partial charge in [-0.15, -0.1) is 24.0 Å². The van der Waals surface area contributed by atoms with Crippen molar-refractivity contribution in [2.24, 2.45) is 10.9 Å². The highest BCUT2D eigenvalue weighted by Crippen LogP contribution is 2.06. The van der Waals surface area contributed by atoms with Gasteiger partial charge in [-0.3, -0.25) is 4.99 Å². The van der Waals surface area contributed by atoms with Crippen LogP contribution < -0.4 is 10.6 Å². The number of hydrogen-bond acceptors (Lipinski definition) is 1. The highest BCUT2D eigenvalue weighted by atomic mass is 127. The normalized spacial score (nSPS) is 11.2. The van der Waals surface area contributed by atoms with Crippen LogP contribution in [0.3, 0.4) is 0 Å². The fourth-order valence-electron chi connectivity index (χ4n) is 1.35. The van der Waals surface area contributed by atoms with Gasteiger partial charge in [-0.1, -0.05) is 33.6 Å². The van der Waals surface area contributed by atoms with Crippen LogP contribution in [0.15, 0.2) is 4.99 Å². The van der Waals surface area contributed by atoms with E-state index in [1.807, 2.05) is 0 Å². The van der Waals surface area contributed by atoms with Gasteiger partial charge in [0.15, 0.2) is 5.96 Å². The van der Waals surface area contributed by atoms with Gasteiger partial charge in [-0.25, -0.2) is 0 Å². The largest absolute Gasteiger partial charge is 0.357 e. The summed E-state index contributed by atoms with van der Waals surface area (Å²) in [4.78, 5) is 4.59. The molecule has 0 saturated carbocycles. The Hall–Kier alpha value is 0. The average Bonchev–Trinajstić information content (AvgIpc) is 2.27. The summed E-state index contributed by atoms with van der Waals surface area (Å²) in [6, 6.07) is 0. The zero-order valence-electron chi connectivity index (χ0n) is 11.2. The minimum atomic E-state index is 0. The number of guanidine groups is 1. The van der Waals surface area contributed by atoms with Gasteiger partial charge in [-0.05, 0) is 19.3 Å². The maximum atomic E-state index is 4.59. The van der Waals surface area contributed by atoms with E-state index in [1.54, 1.807) is 0 Å². The molecule has 0 saturated heterocycles. The molecule has 0 aliphatic rings. The van der Waals surface area contributed by atoms with Crippen LogP contribution in [0.25, 0.3) is 0 Å². The van der Waals surface area contributed by atoms with E-state index in [0.717, 1.165) is 37.9 Å². The molecule has 0 amide bonds. The molecule has 4 heteroatoms. The molecule has 0 atom stereocenters. The van der Waals surface area contributed by atoms with Gasteiger partial charge >= 0.3 is 0 Å². The molecule has 16 heavy (non-hydrogen) atoms. The number of hydrogen-bond donors (Lipinski definition) is 2. The molecular formula is C12H28IN3. The molecule has 0 aliphatic heterocycles. The van der Waals surface area contributed by atoms with Gasteiger partial charge < -0.3 is 10.6 Å². The average molecular weight is 341 g/mol. The summed E-state index contributed by atoms with van der Waals surface area (Å²) in [5.74, 6) is 1.69. The molecule has 2 N–H and O–H groups in total. The van der Waals surface area contributed by atoms with E-state index >= 15 is 0 Å². The quantitative estimate of drug-likeness (QED) is 0.424. The van der Waals surface area contributed by atoms with Crippen LogP contribution in [0.5, 0.6) is 0 Å². The second kappa shape index (κ2) is 13.1. The van der Waals surface area contributed by atoms with Crippen LogP contribution in [0, 0.1) is 5.92 Å². The van der Waals surface area contributed by atoms with Crippen molar-refractivity contribution >= 4 is 29.9 Å². The summed E-state index contributed by atoms with van der Waals surface area (Å²) in [5, 5.41) is 6.57. The first-order valence-electron chi connectivity index (χ1n) is 6.30. The molecule has 3 nitrogen and oxygen atoms in total. The van der Waals surface area contributed by atoms with Crippen molar-refractivity contribution in [1.82, 2.24) is 10.6 Å². The number of aliphatic imine (C=N–C) groups is 1. The predicted octanol–water partition coefficient (Wildman–Crippen LogP) is 3.01. The van der Waals surface area contributed by atoms with Crippen LogP contribution >= 0.6 is 24.0 Å². The first-order valence-corrected chi connectivity index (χ1v) is 6.30. The first-order chi connectivity index (χ1) is 7.28. The highest BCUT2D eigenvalue weighted by molar-refractivity contribution is 14.0. The summed E-state index contributed by atoms with van der Waals surface area (Å²) >= 11 is 0. The Kier molecular flexibility index (Phi) is 15.0. The summed E-state index contributed by atoms with van der Waals surface area (Å²) in [6.07, 6.45) is 3.57. The Balaban J connectivity index is 0. The van der Waals surface area contributed by atoms with Crippen LogP contribution in [0.2, 0.25) is 0 Å². The lowest BCUT2D eigenvalue weighted by Gasteiger charge is -2.13. The lowest BCUT2D eigenvalue weighted by molar-refractivity contribution is 0.504. The lowest BCUT2D eigenvalue weighted by Crippen LogP contribution is -2.38. The van der Waals surface area contributed by atoms with Crippen LogP contribution in [-0.2, 0) is 0 Å². The summed E-state index contributed by atoms with van der Waals surface area (Å²) < 4.78 is 0. The Labute approximate surface area is 118 Å². The van der Waals surface area contributed by atoms with E-state index in [1.165, 1.54) is 12.8 Å². The third-order valence-corrected chi connectivity index (χ3v) is 2.55. The fourth-order valence-corrected chi connectivity index (χ4v) is 1.35. The molecular weight excluding hydrogens is 313 g/mol. The second-order valence-electron chi connectivity index (χ2n) is 3.83. The third kappa shape index (κ3) is 9.24. The lowest BCUT2D eigenvalue weighted by atomic mass is 10.0. The summed E-state index contributed by atoms with van der Waals surface area (Å²) in [7, 11) is 0. The molecule has 0 fully saturated rings. The number of nitrogens with one attached hydrogen (secondary N) is 2. The van der Waals surface area contributed by atoms with Crippen molar-refractivity contribution in [3.05, 3.63) is 0 Å². The van der Waals surface area contributed by atoms with Crippen molar-refractivity contribution in [3.8, 4) is 0 Å². The van der Waals surface area contributed by atoms with Crippen LogP contribution in [0.4, 0.5) is 0 Å². The van der Waals surface area contributed by atoms with Crippen molar-refractivity contribution in [2.75, 3.05) is 19.6 Å². The Morgan fingerprint density at radius 3 is 2.12 bits per heavy atom. The van der Waals surface area contributed by atoms with E-state index in [0.29, 0.717) is 0 Å². The Morgan fingerprint density at radius 1 is 1.06 bits per heavy atom. The molecule has 0 aliphatic carbocycles. The summed E-state index contributed by atoms with van der Waals surface area (Å²) in [5.41, 5.74) is 0. The maximum Gasteiger partial charge on any atom is 0.191 e. The smallest absolute Gasteiger partial charge is 0.191 e. The molecule has 0 aromatic rings. The maximum absolute atomic E-state index is 4.59. The van der Waals surface area contributed by atoms with Crippen LogP contribution in [0.1, 0.15) is 47.0 Å². The van der Waals surface area contributed by atoms with Crippen molar-refractivity contribution < 1.29 is 0 Å². The van der Waals surface area contributed by atoms with Gasteiger partial charge in [0.2, 0.25) is 0 Å². The summed E-state index contributed by atoms with van der Waals surface area (Å²) in [6.45, 7) is 11.6. The minimum Gasteiger partial charge on any atom is -0.357 e. The minimum absolute atomic E-state index is 0. The van der Waals surface area contributed by atoms with E-state index < -0.39 is 0 Å². The number of halogens is 1. The number of rotatable bonds is 7. The zero-order valence-corrected chi connectivity index (χ0v) is 13.5. The van der Waals surface area contributed by atoms with Crippen molar-refractivity contribution in [1.29, 1.82) is 0 Å². The molecule has 0 unspecified atom stereocenters. The monoisotopic (exact) mass is 341 g/mol. The number of nitrogens with zero attached hydrogens (tertiary/aromatic N) is 1. The van der Waals surface area contributed by atoms with Gasteiger partial charge in [0, 0.05) is 19.6 Å². The van der Waals surface area contributed by atoms with E-state index in [4.69, 9.17) is 0 Å². The molecule has 0 aromatic carbocycles. The predicted molar refractivity (Wildman–Crippen MR) is 83.8 cm³/mol. The molecule has 0 aromatic heterocycles. The molecule has 0 radical (unpaired) electrons. The van der Waals surface area contributed by atoms with E-state index in [9.17, 15) is 0 Å². The fraction of sp³-hybridized carbons (Fsp3) is 0.917. The molecule has 0 spiro atoms. The van der Waals surface area contributed by atoms with Gasteiger partial charge in [-0.2, -0.15) is 0 Å². The Bertz CT molecular complexity index is 168. The van der Waals surface area contributed by atoms with Crippen LogP contribution in [-0.4, -0.2) is 25.6 Å². The van der Waals surface area contributed by atoms with Gasteiger partial charge in [0.25, 0.3) is 0 Å². The standard InChI is InChI=1S/C12H27N3.HI/c1-5-9-14-12(13-8-4)15-10-11(6-2)7-3;/h11H,5-10H2,1-4H3,(H2,13,14,15);1H. The molecule has 98 valence electrons. The third-order valence-electron chi connectivity index (χ3n) is 2.55. The molecule has 0 bridgehead atoms. The van der Waals surface area contributed by atoms with Crippen molar-refractivity contribution in [2.45, 2.75) is 47.0 Å². The van der Waals surface area contributed by atoms with E-state index in [2.05, 4.69) is 43.3 Å². The zero-order chi connectivity index (χ0) is 11.5. The second-order valence-corrected chi connectivity index (χ2v) is 3.83. The first kappa shape index (κ1) is 18.4.